The summed E-state index contributed by atoms with van der Waals surface area (Å²) in [6.07, 6.45) is 0.594. The van der Waals surface area contributed by atoms with Gasteiger partial charge in [0, 0.05) is 18.0 Å². The van der Waals surface area contributed by atoms with E-state index in [2.05, 4.69) is 5.32 Å². The van der Waals surface area contributed by atoms with Gasteiger partial charge in [-0.25, -0.2) is 8.42 Å². The van der Waals surface area contributed by atoms with Gasteiger partial charge in [-0.05, 0) is 41.7 Å². The van der Waals surface area contributed by atoms with Gasteiger partial charge in [0.25, 0.3) is 0 Å². The first-order valence-corrected chi connectivity index (χ1v) is 12.5. The van der Waals surface area contributed by atoms with Crippen LogP contribution in [-0.4, -0.2) is 39.1 Å². The highest BCUT2D eigenvalue weighted by atomic mass is 32.2. The van der Waals surface area contributed by atoms with E-state index < -0.39 is 15.8 Å². The SMILES string of the molecule is CC(C)(C)CS(=O)(=O)c1ccc(NC(=O)[C@@H](CC(=O)C2COC2)Cc2ccccc2)cc1. The van der Waals surface area contributed by atoms with Gasteiger partial charge in [0.05, 0.1) is 29.8 Å². The molecule has 0 radical (unpaired) electrons. The van der Waals surface area contributed by atoms with Gasteiger partial charge in [0.1, 0.15) is 5.78 Å². The van der Waals surface area contributed by atoms with Crippen molar-refractivity contribution in [2.75, 3.05) is 24.3 Å². The van der Waals surface area contributed by atoms with E-state index in [1.165, 1.54) is 12.1 Å². The first-order chi connectivity index (χ1) is 15.0. The van der Waals surface area contributed by atoms with Gasteiger partial charge < -0.3 is 10.1 Å². The molecule has 1 aliphatic rings. The number of benzene rings is 2. The van der Waals surface area contributed by atoms with E-state index in [1.807, 2.05) is 51.1 Å². The summed E-state index contributed by atoms with van der Waals surface area (Å²) >= 11 is 0. The van der Waals surface area contributed by atoms with Gasteiger partial charge >= 0.3 is 0 Å². The van der Waals surface area contributed by atoms with Gasteiger partial charge in [-0.15, -0.1) is 0 Å². The number of nitrogens with one attached hydrogen (secondary N) is 1. The Morgan fingerprint density at radius 2 is 1.66 bits per heavy atom. The number of carbonyl (C=O) groups excluding carboxylic acids is 2. The summed E-state index contributed by atoms with van der Waals surface area (Å²) in [6, 6.07) is 15.8. The summed E-state index contributed by atoms with van der Waals surface area (Å²) in [7, 11) is -3.41. The van der Waals surface area contributed by atoms with Crippen LogP contribution in [-0.2, 0) is 30.6 Å². The Bertz CT molecular complexity index is 1040. The Hall–Kier alpha value is -2.51. The molecule has 7 heteroatoms. The number of amides is 1. The van der Waals surface area contributed by atoms with Crippen molar-refractivity contribution in [2.24, 2.45) is 17.3 Å². The van der Waals surface area contributed by atoms with Gasteiger partial charge in [-0.1, -0.05) is 51.1 Å². The van der Waals surface area contributed by atoms with Crippen LogP contribution in [0.25, 0.3) is 0 Å². The van der Waals surface area contributed by atoms with Crippen LogP contribution in [0.3, 0.4) is 0 Å². The molecule has 172 valence electrons. The molecule has 1 fully saturated rings. The summed E-state index contributed by atoms with van der Waals surface area (Å²) in [6.45, 7) is 6.47. The van der Waals surface area contributed by atoms with Gasteiger partial charge in [-0.2, -0.15) is 0 Å². The zero-order valence-corrected chi connectivity index (χ0v) is 19.7. The Morgan fingerprint density at radius 1 is 1.03 bits per heavy atom. The van der Waals surface area contributed by atoms with E-state index in [4.69, 9.17) is 4.74 Å². The number of hydrogen-bond donors (Lipinski definition) is 1. The second-order valence-corrected chi connectivity index (χ2v) is 11.6. The molecule has 1 heterocycles. The van der Waals surface area contributed by atoms with Crippen LogP contribution in [0.4, 0.5) is 5.69 Å². The van der Waals surface area contributed by atoms with E-state index in [0.717, 1.165) is 5.56 Å². The first kappa shape index (κ1) is 24.1. The van der Waals surface area contributed by atoms with Crippen molar-refractivity contribution in [3.63, 3.8) is 0 Å². The third-order valence-electron chi connectivity index (χ3n) is 5.34. The molecule has 2 aromatic carbocycles. The fraction of sp³-hybridized carbons (Fsp3) is 0.440. The quantitative estimate of drug-likeness (QED) is 0.617. The number of sulfone groups is 1. The highest BCUT2D eigenvalue weighted by molar-refractivity contribution is 7.91. The maximum absolute atomic E-state index is 13.0. The molecular weight excluding hydrogens is 426 g/mol. The third-order valence-corrected chi connectivity index (χ3v) is 7.58. The van der Waals surface area contributed by atoms with Crippen molar-refractivity contribution in [2.45, 2.75) is 38.5 Å². The summed E-state index contributed by atoms with van der Waals surface area (Å²) in [5.41, 5.74) is 1.13. The van der Waals surface area contributed by atoms with Gasteiger partial charge in [-0.3, -0.25) is 9.59 Å². The summed E-state index contributed by atoms with van der Waals surface area (Å²) in [5, 5.41) is 2.85. The molecule has 1 atom stereocenters. The third kappa shape index (κ3) is 6.74. The van der Waals surface area contributed by atoms with Crippen LogP contribution >= 0.6 is 0 Å². The monoisotopic (exact) mass is 457 g/mol. The van der Waals surface area contributed by atoms with Crippen LogP contribution in [0.15, 0.2) is 59.5 Å². The number of rotatable bonds is 9. The lowest BCUT2D eigenvalue weighted by Crippen LogP contribution is -2.37. The molecule has 1 N–H and O–H groups in total. The van der Waals surface area contributed by atoms with Crippen LogP contribution in [0.5, 0.6) is 0 Å². The lowest BCUT2D eigenvalue weighted by Gasteiger charge is -2.26. The molecule has 0 unspecified atom stereocenters. The second-order valence-electron chi connectivity index (χ2n) is 9.62. The lowest BCUT2D eigenvalue weighted by atomic mass is 9.88. The highest BCUT2D eigenvalue weighted by Gasteiger charge is 2.31. The molecule has 0 bridgehead atoms. The van der Waals surface area contributed by atoms with Crippen molar-refractivity contribution in [1.29, 1.82) is 0 Å². The van der Waals surface area contributed by atoms with E-state index >= 15 is 0 Å². The lowest BCUT2D eigenvalue weighted by molar-refractivity contribution is -0.139. The molecule has 0 aliphatic carbocycles. The maximum atomic E-state index is 13.0. The smallest absolute Gasteiger partial charge is 0.228 e. The Labute approximate surface area is 190 Å². The minimum absolute atomic E-state index is 0.0379. The molecule has 0 spiro atoms. The van der Waals surface area contributed by atoms with E-state index in [-0.39, 0.29) is 40.1 Å². The summed E-state index contributed by atoms with van der Waals surface area (Å²) in [4.78, 5) is 25.8. The molecule has 1 saturated heterocycles. The van der Waals surface area contributed by atoms with Crippen LogP contribution in [0, 0.1) is 17.3 Å². The normalized spacial score (nSPS) is 15.6. The van der Waals surface area contributed by atoms with Crippen molar-refractivity contribution in [3.8, 4) is 0 Å². The number of anilines is 1. The molecule has 3 rings (SSSR count). The predicted octanol–water partition coefficient (Wildman–Crippen LogP) is 3.91. The van der Waals surface area contributed by atoms with Crippen molar-refractivity contribution in [1.82, 2.24) is 0 Å². The van der Waals surface area contributed by atoms with Crippen LogP contribution in [0.1, 0.15) is 32.8 Å². The molecule has 1 amide bonds. The molecule has 0 aromatic heterocycles. The Kier molecular flexibility index (Phi) is 7.51. The van der Waals surface area contributed by atoms with Crippen LogP contribution in [0.2, 0.25) is 0 Å². The number of ether oxygens (including phenoxy) is 1. The standard InChI is InChI=1S/C25H31NO5S/c1-25(2,3)17-32(29,30)22-11-9-21(10-12-22)26-24(28)19(13-18-7-5-4-6-8-18)14-23(27)20-15-31-16-20/h4-12,19-20H,13-17H2,1-3H3,(H,26,28)/t19-/m1/s1. The molecule has 1 aliphatic heterocycles. The maximum Gasteiger partial charge on any atom is 0.228 e. The highest BCUT2D eigenvalue weighted by Crippen LogP contribution is 2.24. The first-order valence-electron chi connectivity index (χ1n) is 10.8. The van der Waals surface area contributed by atoms with Gasteiger partial charge in [0.2, 0.25) is 5.91 Å². The number of Topliss-reactive ketones (excluding diaryl/α,β-unsaturated/α-hetero) is 1. The molecule has 0 saturated carbocycles. The summed E-state index contributed by atoms with van der Waals surface area (Å²) in [5.74, 6) is -0.829. The van der Waals surface area contributed by atoms with Crippen LogP contribution < -0.4 is 5.32 Å². The van der Waals surface area contributed by atoms with Gasteiger partial charge in [0.15, 0.2) is 9.84 Å². The number of hydrogen-bond acceptors (Lipinski definition) is 5. The van der Waals surface area contributed by atoms with E-state index in [0.29, 0.717) is 25.3 Å². The molecular formula is C25H31NO5S. The van der Waals surface area contributed by atoms with Crippen molar-refractivity contribution < 1.29 is 22.7 Å². The second kappa shape index (κ2) is 9.96. The topological polar surface area (TPSA) is 89.5 Å². The average Bonchev–Trinajstić information content (AvgIpc) is 2.65. The minimum Gasteiger partial charge on any atom is -0.380 e. The van der Waals surface area contributed by atoms with E-state index in [1.54, 1.807) is 12.1 Å². The van der Waals surface area contributed by atoms with Crippen molar-refractivity contribution >= 4 is 27.2 Å². The predicted molar refractivity (Wildman–Crippen MR) is 124 cm³/mol. The Morgan fingerprint density at radius 3 is 2.19 bits per heavy atom. The summed E-state index contributed by atoms with van der Waals surface area (Å²) < 4.78 is 30.3. The Balaban J connectivity index is 1.71. The molecule has 32 heavy (non-hydrogen) atoms. The fourth-order valence-corrected chi connectivity index (χ4v) is 5.49. The zero-order chi connectivity index (χ0) is 23.4. The van der Waals surface area contributed by atoms with Crippen molar-refractivity contribution in [3.05, 3.63) is 60.2 Å². The number of carbonyl (C=O) groups is 2. The molecule has 6 nitrogen and oxygen atoms in total. The molecule has 2 aromatic rings. The largest absolute Gasteiger partial charge is 0.380 e. The fourth-order valence-electron chi connectivity index (χ4n) is 3.63. The van der Waals surface area contributed by atoms with E-state index in [9.17, 15) is 18.0 Å². The minimum atomic E-state index is -3.41. The average molecular weight is 458 g/mol. The number of ketones is 1. The zero-order valence-electron chi connectivity index (χ0n) is 18.8.